The van der Waals surface area contributed by atoms with E-state index in [2.05, 4.69) is 23.2 Å². The molecule has 2 nitrogen and oxygen atoms in total. The highest BCUT2D eigenvalue weighted by Gasteiger charge is 2.13. The molecule has 0 aliphatic heterocycles. The fourth-order valence-corrected chi connectivity index (χ4v) is 3.20. The number of hydrogen-bond donors (Lipinski definition) is 0. The molecule has 0 spiro atoms. The van der Waals surface area contributed by atoms with E-state index in [-0.39, 0.29) is 0 Å². The first-order valence-corrected chi connectivity index (χ1v) is 8.28. The van der Waals surface area contributed by atoms with E-state index in [4.69, 9.17) is 16.9 Å². The van der Waals surface area contributed by atoms with Gasteiger partial charge in [0, 0.05) is 27.7 Å². The molecule has 0 N–H and O–H groups in total. The molecule has 118 valence electrons. The Labute approximate surface area is 151 Å². The molecule has 0 atom stereocenters. The first kappa shape index (κ1) is 15.4. The van der Waals surface area contributed by atoms with Gasteiger partial charge in [0.25, 0.3) is 0 Å². The van der Waals surface area contributed by atoms with Gasteiger partial charge in [0.1, 0.15) is 0 Å². The zero-order valence-electron chi connectivity index (χ0n) is 13.3. The minimum absolute atomic E-state index is 0.641. The van der Waals surface area contributed by atoms with Gasteiger partial charge in [-0.2, -0.15) is 5.26 Å². The van der Waals surface area contributed by atoms with E-state index in [0.29, 0.717) is 10.6 Å². The highest BCUT2D eigenvalue weighted by Crippen LogP contribution is 2.37. The van der Waals surface area contributed by atoms with Crippen LogP contribution in [-0.2, 0) is 0 Å². The van der Waals surface area contributed by atoms with Gasteiger partial charge < -0.3 is 0 Å². The number of aromatic nitrogens is 1. The molecule has 0 fully saturated rings. The number of benzene rings is 3. The normalized spacial score (nSPS) is 10.6. The molecule has 0 bridgehead atoms. The van der Waals surface area contributed by atoms with Crippen LogP contribution >= 0.6 is 11.6 Å². The van der Waals surface area contributed by atoms with Gasteiger partial charge in [0.05, 0.1) is 17.1 Å². The second-order valence-electron chi connectivity index (χ2n) is 5.76. The zero-order valence-corrected chi connectivity index (χ0v) is 14.0. The van der Waals surface area contributed by atoms with Crippen LogP contribution in [0, 0.1) is 11.3 Å². The largest absolute Gasteiger partial charge is 0.256 e. The monoisotopic (exact) mass is 340 g/mol. The van der Waals surface area contributed by atoms with Gasteiger partial charge in [-0.1, -0.05) is 54.1 Å². The van der Waals surface area contributed by atoms with E-state index in [1.54, 1.807) is 0 Å². The SMILES string of the molecule is N#Cc1ccc(-c2cnc3ccc(Cl)cc3c2-c2ccccc2)cc1. The first-order valence-electron chi connectivity index (χ1n) is 7.90. The van der Waals surface area contributed by atoms with Crippen LogP contribution in [0.1, 0.15) is 5.56 Å². The molecule has 0 radical (unpaired) electrons. The summed E-state index contributed by atoms with van der Waals surface area (Å²) in [5.41, 5.74) is 5.79. The molecule has 1 aromatic heterocycles. The fraction of sp³-hybridized carbons (Fsp3) is 0. The maximum absolute atomic E-state index is 9.03. The molecular formula is C22H13ClN2. The molecule has 0 aliphatic carbocycles. The Morgan fingerprint density at radius 2 is 1.60 bits per heavy atom. The lowest BCUT2D eigenvalue weighted by Crippen LogP contribution is -1.91. The second-order valence-corrected chi connectivity index (χ2v) is 6.20. The van der Waals surface area contributed by atoms with Crippen LogP contribution in [0.5, 0.6) is 0 Å². The lowest BCUT2D eigenvalue weighted by atomic mass is 9.92. The van der Waals surface area contributed by atoms with Crippen LogP contribution in [0.15, 0.2) is 79.0 Å². The van der Waals surface area contributed by atoms with E-state index >= 15 is 0 Å². The molecule has 0 saturated carbocycles. The molecule has 25 heavy (non-hydrogen) atoms. The van der Waals surface area contributed by atoms with Gasteiger partial charge in [0.15, 0.2) is 0 Å². The topological polar surface area (TPSA) is 36.7 Å². The molecular weight excluding hydrogens is 328 g/mol. The van der Waals surface area contributed by atoms with Crippen molar-refractivity contribution in [3.05, 3.63) is 89.6 Å². The van der Waals surface area contributed by atoms with Crippen LogP contribution in [-0.4, -0.2) is 4.98 Å². The molecule has 0 aliphatic rings. The van der Waals surface area contributed by atoms with E-state index in [9.17, 15) is 0 Å². The molecule has 0 saturated heterocycles. The van der Waals surface area contributed by atoms with E-state index in [0.717, 1.165) is 33.2 Å². The van der Waals surface area contributed by atoms with Crippen LogP contribution < -0.4 is 0 Å². The highest BCUT2D eigenvalue weighted by atomic mass is 35.5. The van der Waals surface area contributed by atoms with Gasteiger partial charge in [-0.3, -0.25) is 4.98 Å². The third kappa shape index (κ3) is 2.87. The van der Waals surface area contributed by atoms with Crippen molar-refractivity contribution in [2.24, 2.45) is 0 Å². The number of rotatable bonds is 2. The predicted molar refractivity (Wildman–Crippen MR) is 102 cm³/mol. The predicted octanol–water partition coefficient (Wildman–Crippen LogP) is 6.09. The minimum Gasteiger partial charge on any atom is -0.256 e. The standard InChI is InChI=1S/C22H13ClN2/c23-18-10-11-21-19(12-18)22(17-4-2-1-3-5-17)20(14-25-21)16-8-6-15(13-24)7-9-16/h1-12,14H. The van der Waals surface area contributed by atoms with Crippen molar-refractivity contribution in [3.63, 3.8) is 0 Å². The summed E-state index contributed by atoms with van der Waals surface area (Å²) in [4.78, 5) is 4.60. The van der Waals surface area contributed by atoms with Gasteiger partial charge in [0.2, 0.25) is 0 Å². The highest BCUT2D eigenvalue weighted by molar-refractivity contribution is 6.31. The van der Waals surface area contributed by atoms with E-state index in [1.165, 1.54) is 0 Å². The minimum atomic E-state index is 0.641. The van der Waals surface area contributed by atoms with Crippen LogP contribution in [0.25, 0.3) is 33.2 Å². The van der Waals surface area contributed by atoms with Crippen molar-refractivity contribution in [3.8, 4) is 28.3 Å². The van der Waals surface area contributed by atoms with Crippen LogP contribution in [0.4, 0.5) is 0 Å². The van der Waals surface area contributed by atoms with Crippen molar-refractivity contribution in [2.45, 2.75) is 0 Å². The Morgan fingerprint density at radius 1 is 0.840 bits per heavy atom. The lowest BCUT2D eigenvalue weighted by Gasteiger charge is -2.14. The zero-order chi connectivity index (χ0) is 17.2. The van der Waals surface area contributed by atoms with Gasteiger partial charge in [-0.15, -0.1) is 0 Å². The van der Waals surface area contributed by atoms with Crippen molar-refractivity contribution in [1.82, 2.24) is 4.98 Å². The summed E-state index contributed by atoms with van der Waals surface area (Å²) in [7, 11) is 0. The average Bonchev–Trinajstić information content (AvgIpc) is 2.68. The van der Waals surface area contributed by atoms with Crippen LogP contribution in [0.2, 0.25) is 5.02 Å². The quantitative estimate of drug-likeness (QED) is 0.442. The van der Waals surface area contributed by atoms with Crippen LogP contribution in [0.3, 0.4) is 0 Å². The molecule has 4 rings (SSSR count). The van der Waals surface area contributed by atoms with Crippen molar-refractivity contribution in [2.75, 3.05) is 0 Å². The number of nitrogens with zero attached hydrogens (tertiary/aromatic N) is 2. The number of hydrogen-bond acceptors (Lipinski definition) is 2. The molecule has 4 aromatic rings. The maximum Gasteiger partial charge on any atom is 0.0991 e. The number of fused-ring (bicyclic) bond motifs is 1. The summed E-state index contributed by atoms with van der Waals surface area (Å²) >= 11 is 6.25. The lowest BCUT2D eigenvalue weighted by molar-refractivity contribution is 1.40. The number of nitriles is 1. The summed E-state index contributed by atoms with van der Waals surface area (Å²) in [6.07, 6.45) is 1.89. The van der Waals surface area contributed by atoms with Gasteiger partial charge in [-0.25, -0.2) is 0 Å². The Morgan fingerprint density at radius 3 is 2.32 bits per heavy atom. The number of halogens is 1. The summed E-state index contributed by atoms with van der Waals surface area (Å²) < 4.78 is 0. The summed E-state index contributed by atoms with van der Waals surface area (Å²) in [5.74, 6) is 0. The molecule has 3 aromatic carbocycles. The summed E-state index contributed by atoms with van der Waals surface area (Å²) in [6.45, 7) is 0. The van der Waals surface area contributed by atoms with E-state index < -0.39 is 0 Å². The summed E-state index contributed by atoms with van der Waals surface area (Å²) in [5, 5.41) is 10.7. The Hall–Kier alpha value is -3.15. The average molecular weight is 341 g/mol. The van der Waals surface area contributed by atoms with Gasteiger partial charge in [-0.05, 0) is 41.5 Å². The van der Waals surface area contributed by atoms with Crippen molar-refractivity contribution < 1.29 is 0 Å². The Kier molecular flexibility index (Phi) is 3.93. The maximum atomic E-state index is 9.03. The fourth-order valence-electron chi connectivity index (χ4n) is 3.02. The smallest absolute Gasteiger partial charge is 0.0991 e. The molecule has 0 unspecified atom stereocenters. The van der Waals surface area contributed by atoms with Crippen molar-refractivity contribution in [1.29, 1.82) is 5.26 Å². The molecule has 0 amide bonds. The number of pyridine rings is 1. The first-order chi connectivity index (χ1) is 12.3. The van der Waals surface area contributed by atoms with Gasteiger partial charge >= 0.3 is 0 Å². The molecule has 1 heterocycles. The Balaban J connectivity index is 2.05. The second kappa shape index (κ2) is 6.39. The third-order valence-electron chi connectivity index (χ3n) is 4.22. The summed E-state index contributed by atoms with van der Waals surface area (Å²) in [6, 6.07) is 25.7. The van der Waals surface area contributed by atoms with Crippen molar-refractivity contribution >= 4 is 22.5 Å². The third-order valence-corrected chi connectivity index (χ3v) is 4.45. The Bertz CT molecular complexity index is 1090. The van der Waals surface area contributed by atoms with E-state index in [1.807, 2.05) is 66.9 Å². The molecule has 3 heteroatoms.